The number of carbonyl (C=O) groups is 1. The van der Waals surface area contributed by atoms with E-state index in [1.165, 1.54) is 12.1 Å². The van der Waals surface area contributed by atoms with Gasteiger partial charge in [-0.2, -0.15) is 0 Å². The Balaban J connectivity index is 1.97. The summed E-state index contributed by atoms with van der Waals surface area (Å²) in [6, 6.07) is 9.41. The smallest absolute Gasteiger partial charge is 0.371 e. The summed E-state index contributed by atoms with van der Waals surface area (Å²) >= 11 is 5.79. The molecule has 1 heterocycles. The number of carboxylic acids is 1. The molecule has 0 radical (unpaired) electrons. The van der Waals surface area contributed by atoms with E-state index >= 15 is 0 Å². The predicted octanol–water partition coefficient (Wildman–Crippen LogP) is 2.74. The fourth-order valence-corrected chi connectivity index (χ4v) is 1.64. The zero-order valence-corrected chi connectivity index (χ0v) is 10.5. The first-order valence-corrected chi connectivity index (χ1v) is 5.83. The molecule has 19 heavy (non-hydrogen) atoms. The van der Waals surface area contributed by atoms with Crippen molar-refractivity contribution in [3.8, 4) is 5.75 Å². The molecule has 1 aromatic carbocycles. The third-order valence-corrected chi connectivity index (χ3v) is 2.61. The van der Waals surface area contributed by atoms with Gasteiger partial charge in [0.05, 0.1) is 0 Å². The van der Waals surface area contributed by atoms with E-state index in [2.05, 4.69) is 0 Å². The van der Waals surface area contributed by atoms with E-state index in [0.717, 1.165) is 0 Å². The van der Waals surface area contributed by atoms with Crippen LogP contribution < -0.4 is 4.74 Å². The number of aliphatic hydroxyl groups is 1. The van der Waals surface area contributed by atoms with Crippen LogP contribution in [0.2, 0.25) is 5.02 Å². The molecule has 2 aromatic rings. The molecular formula is C13H11ClO5. The minimum absolute atomic E-state index is 0.0626. The van der Waals surface area contributed by atoms with Crippen LogP contribution in [-0.4, -0.2) is 22.8 Å². The average molecular weight is 283 g/mol. The van der Waals surface area contributed by atoms with E-state index in [4.69, 9.17) is 25.9 Å². The maximum Gasteiger partial charge on any atom is 0.371 e. The van der Waals surface area contributed by atoms with Crippen LogP contribution in [0.1, 0.15) is 22.4 Å². The van der Waals surface area contributed by atoms with Crippen LogP contribution in [0, 0.1) is 0 Å². The van der Waals surface area contributed by atoms with Gasteiger partial charge in [-0.1, -0.05) is 17.7 Å². The molecule has 0 amide bonds. The van der Waals surface area contributed by atoms with Gasteiger partial charge < -0.3 is 19.4 Å². The van der Waals surface area contributed by atoms with Crippen molar-refractivity contribution in [1.29, 1.82) is 0 Å². The summed E-state index contributed by atoms with van der Waals surface area (Å²) in [5.41, 5.74) is 0. The largest absolute Gasteiger partial charge is 0.490 e. The summed E-state index contributed by atoms with van der Waals surface area (Å²) in [7, 11) is 0. The second-order valence-electron chi connectivity index (χ2n) is 3.79. The van der Waals surface area contributed by atoms with Gasteiger partial charge in [-0.05, 0) is 30.3 Å². The van der Waals surface area contributed by atoms with Crippen LogP contribution in [0.3, 0.4) is 0 Å². The van der Waals surface area contributed by atoms with Gasteiger partial charge in [0.1, 0.15) is 24.2 Å². The monoisotopic (exact) mass is 282 g/mol. The van der Waals surface area contributed by atoms with Crippen molar-refractivity contribution < 1.29 is 24.2 Å². The van der Waals surface area contributed by atoms with E-state index in [9.17, 15) is 9.90 Å². The molecule has 100 valence electrons. The van der Waals surface area contributed by atoms with Gasteiger partial charge in [-0.25, -0.2) is 4.79 Å². The van der Waals surface area contributed by atoms with Crippen LogP contribution in [0.5, 0.6) is 5.75 Å². The van der Waals surface area contributed by atoms with E-state index < -0.39 is 12.1 Å². The molecule has 1 atom stereocenters. The molecule has 5 nitrogen and oxygen atoms in total. The number of halogens is 1. The molecule has 6 heteroatoms. The highest BCUT2D eigenvalue weighted by Crippen LogP contribution is 2.21. The Morgan fingerprint density at radius 3 is 2.79 bits per heavy atom. The van der Waals surface area contributed by atoms with E-state index in [1.807, 2.05) is 0 Å². The van der Waals surface area contributed by atoms with Crippen LogP contribution in [0.4, 0.5) is 0 Å². The molecule has 0 saturated carbocycles. The third kappa shape index (κ3) is 3.49. The fraction of sp³-hybridized carbons (Fsp3) is 0.154. The Hall–Kier alpha value is -1.98. The number of furan rings is 1. The predicted molar refractivity (Wildman–Crippen MR) is 67.6 cm³/mol. The zero-order valence-electron chi connectivity index (χ0n) is 9.75. The van der Waals surface area contributed by atoms with Gasteiger partial charge >= 0.3 is 5.97 Å². The second kappa shape index (κ2) is 5.77. The normalized spacial score (nSPS) is 12.1. The summed E-state index contributed by atoms with van der Waals surface area (Å²) in [6.07, 6.45) is -1.05. The van der Waals surface area contributed by atoms with Gasteiger partial charge in [0.25, 0.3) is 0 Å². The quantitative estimate of drug-likeness (QED) is 0.881. The number of ether oxygens (including phenoxy) is 1. The Labute approximate surface area is 114 Å². The SMILES string of the molecule is O=C(O)c1ccc(C(O)COc2cccc(Cl)c2)o1. The summed E-state index contributed by atoms with van der Waals surface area (Å²) in [5, 5.41) is 19.0. The topological polar surface area (TPSA) is 79.9 Å². The number of hydrogen-bond donors (Lipinski definition) is 2. The van der Waals surface area contributed by atoms with Gasteiger partial charge in [-0.3, -0.25) is 0 Å². The number of hydrogen-bond acceptors (Lipinski definition) is 4. The summed E-state index contributed by atoms with van der Waals surface area (Å²) in [5.74, 6) is -0.762. The first-order chi connectivity index (χ1) is 9.06. The van der Waals surface area contributed by atoms with E-state index in [-0.39, 0.29) is 18.1 Å². The standard InChI is InChI=1S/C13H11ClO5/c14-8-2-1-3-9(6-8)18-7-10(15)11-4-5-12(19-11)13(16)17/h1-6,10,15H,7H2,(H,16,17). The molecule has 0 aliphatic carbocycles. The van der Waals surface area contributed by atoms with Crippen LogP contribution in [-0.2, 0) is 0 Å². The highest BCUT2D eigenvalue weighted by molar-refractivity contribution is 6.30. The molecule has 0 aliphatic heterocycles. The molecule has 2 N–H and O–H groups in total. The molecule has 0 fully saturated rings. The lowest BCUT2D eigenvalue weighted by Crippen LogP contribution is -2.09. The molecule has 0 aliphatic rings. The second-order valence-corrected chi connectivity index (χ2v) is 4.23. The van der Waals surface area contributed by atoms with Crippen molar-refractivity contribution in [2.24, 2.45) is 0 Å². The highest BCUT2D eigenvalue weighted by atomic mass is 35.5. The zero-order chi connectivity index (χ0) is 13.8. The number of aromatic carboxylic acids is 1. The van der Waals surface area contributed by atoms with Crippen molar-refractivity contribution in [3.05, 3.63) is 52.9 Å². The van der Waals surface area contributed by atoms with Gasteiger partial charge in [0.15, 0.2) is 0 Å². The number of carboxylic acid groups (broad SMARTS) is 1. The molecule has 1 aromatic heterocycles. The fourth-order valence-electron chi connectivity index (χ4n) is 1.46. The Kier molecular flexibility index (Phi) is 4.09. The summed E-state index contributed by atoms with van der Waals surface area (Å²) in [6.45, 7) is -0.0626. The summed E-state index contributed by atoms with van der Waals surface area (Å²) < 4.78 is 10.3. The molecular weight excluding hydrogens is 272 g/mol. The van der Waals surface area contributed by atoms with Crippen molar-refractivity contribution in [2.45, 2.75) is 6.10 Å². The van der Waals surface area contributed by atoms with Crippen LogP contribution >= 0.6 is 11.6 Å². The first-order valence-electron chi connectivity index (χ1n) is 5.45. The Morgan fingerprint density at radius 1 is 1.37 bits per heavy atom. The maximum absolute atomic E-state index is 10.6. The lowest BCUT2D eigenvalue weighted by molar-refractivity contribution is 0.0630. The summed E-state index contributed by atoms with van der Waals surface area (Å²) in [4.78, 5) is 10.6. The van der Waals surface area contributed by atoms with Gasteiger partial charge in [0, 0.05) is 5.02 Å². The van der Waals surface area contributed by atoms with E-state index in [0.29, 0.717) is 10.8 Å². The minimum Gasteiger partial charge on any atom is -0.490 e. The average Bonchev–Trinajstić information content (AvgIpc) is 2.86. The molecule has 0 spiro atoms. The van der Waals surface area contributed by atoms with Crippen molar-refractivity contribution in [3.63, 3.8) is 0 Å². The van der Waals surface area contributed by atoms with Gasteiger partial charge in [-0.15, -0.1) is 0 Å². The highest BCUT2D eigenvalue weighted by Gasteiger charge is 2.16. The Morgan fingerprint density at radius 2 is 2.16 bits per heavy atom. The molecule has 0 saturated heterocycles. The molecule has 1 unspecified atom stereocenters. The minimum atomic E-state index is -1.19. The lowest BCUT2D eigenvalue weighted by Gasteiger charge is -2.10. The van der Waals surface area contributed by atoms with Crippen molar-refractivity contribution >= 4 is 17.6 Å². The number of rotatable bonds is 5. The molecule has 0 bridgehead atoms. The van der Waals surface area contributed by atoms with Crippen LogP contribution in [0.15, 0.2) is 40.8 Å². The number of benzene rings is 1. The van der Waals surface area contributed by atoms with Gasteiger partial charge in [0.2, 0.25) is 5.76 Å². The van der Waals surface area contributed by atoms with E-state index in [1.54, 1.807) is 24.3 Å². The van der Waals surface area contributed by atoms with Crippen molar-refractivity contribution in [1.82, 2.24) is 0 Å². The first kappa shape index (κ1) is 13.5. The van der Waals surface area contributed by atoms with Crippen molar-refractivity contribution in [2.75, 3.05) is 6.61 Å². The van der Waals surface area contributed by atoms with Crippen LogP contribution in [0.25, 0.3) is 0 Å². The lowest BCUT2D eigenvalue weighted by atomic mass is 10.3. The molecule has 2 rings (SSSR count). The Bertz CT molecular complexity index is 578. The third-order valence-electron chi connectivity index (χ3n) is 2.37. The maximum atomic E-state index is 10.6. The number of aliphatic hydroxyl groups excluding tert-OH is 1.